The lowest BCUT2D eigenvalue weighted by Gasteiger charge is -2.36. The minimum absolute atomic E-state index is 0.797. The van der Waals surface area contributed by atoms with Gasteiger partial charge >= 0.3 is 0 Å². The summed E-state index contributed by atoms with van der Waals surface area (Å²) in [6, 6.07) is 38.1. The van der Waals surface area contributed by atoms with Gasteiger partial charge in [0.05, 0.1) is 45.2 Å². The first-order chi connectivity index (χ1) is 21.8. The van der Waals surface area contributed by atoms with E-state index in [4.69, 9.17) is 14.7 Å². The second-order valence-electron chi connectivity index (χ2n) is 10.8. The monoisotopic (exact) mass is 586 g/mol. The fourth-order valence-corrected chi connectivity index (χ4v) is 7.68. The quantitative estimate of drug-likeness (QED) is 0.201. The third-order valence-corrected chi connectivity index (χ3v) is 9.55. The fourth-order valence-electron chi connectivity index (χ4n) is 6.62. The lowest BCUT2D eigenvalue weighted by atomic mass is 10.1. The molecule has 2 aliphatic heterocycles. The molecule has 0 bridgehead atoms. The first-order valence-corrected chi connectivity index (χ1v) is 15.2. The Morgan fingerprint density at radius 1 is 0.455 bits per heavy atom. The maximum atomic E-state index is 6.38. The predicted molar refractivity (Wildman–Crippen MR) is 175 cm³/mol. The molecule has 0 radical (unpaired) electrons. The Balaban J connectivity index is 1.36. The van der Waals surface area contributed by atoms with E-state index in [9.17, 15) is 0 Å². The van der Waals surface area contributed by atoms with E-state index in [0.717, 1.165) is 68.0 Å². The number of benzene rings is 5. The van der Waals surface area contributed by atoms with Crippen molar-refractivity contribution >= 4 is 68.2 Å². The molecule has 10 rings (SSSR count). The smallest absolute Gasteiger partial charge is 0.181 e. The number of para-hydroxylation sites is 6. The van der Waals surface area contributed by atoms with Crippen molar-refractivity contribution in [1.29, 1.82) is 0 Å². The van der Waals surface area contributed by atoms with Gasteiger partial charge in [-0.3, -0.25) is 8.80 Å². The van der Waals surface area contributed by atoms with Crippen LogP contribution in [0.3, 0.4) is 0 Å². The van der Waals surface area contributed by atoms with Crippen LogP contribution in [0.25, 0.3) is 22.3 Å². The normalized spacial score (nSPS) is 13.5. The first kappa shape index (κ1) is 23.8. The summed E-state index contributed by atoms with van der Waals surface area (Å²) in [5.41, 5.74) is 9.95. The van der Waals surface area contributed by atoms with Gasteiger partial charge in [0.15, 0.2) is 22.8 Å². The maximum absolute atomic E-state index is 6.38. The molecule has 0 saturated carbocycles. The summed E-state index contributed by atoms with van der Waals surface area (Å²) in [4.78, 5) is 16.7. The Morgan fingerprint density at radius 2 is 0.886 bits per heavy atom. The molecule has 0 fully saturated rings. The predicted octanol–water partition coefficient (Wildman–Crippen LogP) is 9.65. The summed E-state index contributed by atoms with van der Waals surface area (Å²) in [7, 11) is 0. The number of aromatic nitrogens is 4. The number of anilines is 6. The third kappa shape index (κ3) is 3.17. The molecule has 0 atom stereocenters. The van der Waals surface area contributed by atoms with E-state index in [2.05, 4.69) is 104 Å². The van der Waals surface area contributed by atoms with Gasteiger partial charge in [-0.2, -0.15) is 0 Å². The van der Waals surface area contributed by atoms with Crippen LogP contribution in [-0.4, -0.2) is 18.8 Å². The summed E-state index contributed by atoms with van der Waals surface area (Å²) >= 11 is 1.81. The van der Waals surface area contributed by atoms with Crippen molar-refractivity contribution in [2.75, 3.05) is 9.80 Å². The second-order valence-corrected chi connectivity index (χ2v) is 11.9. The molecule has 0 N–H and O–H groups in total. The molecule has 44 heavy (non-hydrogen) atoms. The Morgan fingerprint density at radius 3 is 1.41 bits per heavy atom. The van der Waals surface area contributed by atoms with Crippen LogP contribution in [0.2, 0.25) is 0 Å². The van der Waals surface area contributed by atoms with E-state index in [1.165, 1.54) is 9.79 Å². The molecular weight excluding hydrogens is 565 g/mol. The zero-order valence-electron chi connectivity index (χ0n) is 23.2. The summed E-state index contributed by atoms with van der Waals surface area (Å²) in [6.45, 7) is 0. The number of fused-ring (bicyclic) bond motifs is 10. The fraction of sp³-hybridized carbons (Fsp3) is 0. The van der Waals surface area contributed by atoms with Gasteiger partial charge < -0.3 is 14.5 Å². The number of imidazole rings is 2. The van der Waals surface area contributed by atoms with Crippen LogP contribution in [0.1, 0.15) is 0 Å². The van der Waals surface area contributed by atoms with Gasteiger partial charge in [-0.15, -0.1) is 0 Å². The highest BCUT2D eigenvalue weighted by molar-refractivity contribution is 7.99. The average molecular weight is 587 g/mol. The molecular formula is C36H22N6OS. The zero-order valence-corrected chi connectivity index (χ0v) is 24.0. The van der Waals surface area contributed by atoms with Gasteiger partial charge in [0.1, 0.15) is 0 Å². The largest absolute Gasteiger partial charge is 0.453 e. The molecule has 3 aromatic heterocycles. The van der Waals surface area contributed by atoms with Gasteiger partial charge in [-0.25, -0.2) is 9.97 Å². The van der Waals surface area contributed by atoms with Crippen molar-refractivity contribution in [3.63, 3.8) is 0 Å². The van der Waals surface area contributed by atoms with E-state index in [1.54, 1.807) is 0 Å². The summed E-state index contributed by atoms with van der Waals surface area (Å²) in [5, 5.41) is 0. The Labute approximate surface area is 256 Å². The van der Waals surface area contributed by atoms with Crippen molar-refractivity contribution in [2.24, 2.45) is 0 Å². The highest BCUT2D eigenvalue weighted by Gasteiger charge is 2.32. The molecule has 0 amide bonds. The second kappa shape index (κ2) is 8.89. The van der Waals surface area contributed by atoms with E-state index >= 15 is 0 Å². The molecule has 8 heteroatoms. The van der Waals surface area contributed by atoms with Gasteiger partial charge in [0.25, 0.3) is 0 Å². The lowest BCUT2D eigenvalue weighted by molar-refractivity contribution is 0.477. The molecule has 0 unspecified atom stereocenters. The molecule has 5 heterocycles. The van der Waals surface area contributed by atoms with Crippen LogP contribution in [0.15, 0.2) is 144 Å². The van der Waals surface area contributed by atoms with Crippen LogP contribution >= 0.6 is 11.8 Å². The third-order valence-electron chi connectivity index (χ3n) is 8.42. The molecule has 8 aromatic rings. The SMILES string of the molecule is c1ccc2c(c1)Oc1ccccc1N2c1ccc(N2c3ccccc3Sc3ccccc32)c2c1n1ccnc1c1nccn12. The van der Waals surface area contributed by atoms with Gasteiger partial charge in [-0.1, -0.05) is 60.3 Å². The van der Waals surface area contributed by atoms with E-state index in [1.807, 2.05) is 60.8 Å². The number of rotatable bonds is 2. The molecule has 208 valence electrons. The van der Waals surface area contributed by atoms with Crippen molar-refractivity contribution in [2.45, 2.75) is 9.79 Å². The highest BCUT2D eigenvalue weighted by atomic mass is 32.2. The van der Waals surface area contributed by atoms with Crippen molar-refractivity contribution in [3.8, 4) is 11.5 Å². The number of hydrogen-bond acceptors (Lipinski definition) is 6. The van der Waals surface area contributed by atoms with Crippen molar-refractivity contribution in [1.82, 2.24) is 18.8 Å². The van der Waals surface area contributed by atoms with Gasteiger partial charge in [0, 0.05) is 34.6 Å². The molecule has 0 saturated heterocycles. The maximum Gasteiger partial charge on any atom is 0.181 e. The molecule has 7 nitrogen and oxygen atoms in total. The van der Waals surface area contributed by atoms with Gasteiger partial charge in [-0.05, 0) is 60.7 Å². The van der Waals surface area contributed by atoms with Crippen LogP contribution in [0.4, 0.5) is 34.1 Å². The Kier molecular flexibility index (Phi) is 4.81. The standard InChI is InChI=1S/C36H22N6OS/c1-5-13-29-23(9-1)41(24-10-2-6-14-30(24)43-29)27-17-18-28(34-33(27)39-21-19-37-35(39)36-38-20-22-40(34)36)42-25-11-3-7-15-31(25)44-32-16-8-4-12-26(32)42/h1-22H. The average Bonchev–Trinajstić information content (AvgIpc) is 3.76. The molecule has 5 aromatic carbocycles. The van der Waals surface area contributed by atoms with Crippen LogP contribution in [0.5, 0.6) is 11.5 Å². The minimum Gasteiger partial charge on any atom is -0.453 e. The number of hydrogen-bond donors (Lipinski definition) is 0. The topological polar surface area (TPSA) is 50.3 Å². The minimum atomic E-state index is 0.797. The number of nitrogens with zero attached hydrogens (tertiary/aromatic N) is 6. The number of ether oxygens (including phenoxy) is 1. The Hall–Kier alpha value is -5.73. The molecule has 0 aliphatic carbocycles. The van der Waals surface area contributed by atoms with Crippen LogP contribution in [0, 0.1) is 0 Å². The highest BCUT2D eigenvalue weighted by Crippen LogP contribution is 2.55. The van der Waals surface area contributed by atoms with Crippen molar-refractivity contribution in [3.05, 3.63) is 134 Å². The van der Waals surface area contributed by atoms with Crippen molar-refractivity contribution < 1.29 is 4.74 Å². The molecule has 0 spiro atoms. The lowest BCUT2D eigenvalue weighted by Crippen LogP contribution is -2.19. The summed E-state index contributed by atoms with van der Waals surface area (Å²) in [6.07, 6.45) is 7.78. The van der Waals surface area contributed by atoms with Gasteiger partial charge in [0.2, 0.25) is 0 Å². The van der Waals surface area contributed by atoms with Crippen LogP contribution in [-0.2, 0) is 0 Å². The zero-order chi connectivity index (χ0) is 28.8. The summed E-state index contributed by atoms with van der Waals surface area (Å²) in [5.74, 6) is 1.62. The van der Waals surface area contributed by atoms with E-state index in [0.29, 0.717) is 0 Å². The van der Waals surface area contributed by atoms with E-state index < -0.39 is 0 Å². The van der Waals surface area contributed by atoms with E-state index in [-0.39, 0.29) is 0 Å². The first-order valence-electron chi connectivity index (χ1n) is 14.4. The van der Waals surface area contributed by atoms with Crippen LogP contribution < -0.4 is 14.5 Å². The summed E-state index contributed by atoms with van der Waals surface area (Å²) < 4.78 is 10.7. The molecule has 2 aliphatic rings. The Bertz CT molecular complexity index is 2190.